The van der Waals surface area contributed by atoms with Gasteiger partial charge in [0.2, 0.25) is 0 Å². The molecule has 2 N–H and O–H groups in total. The largest absolute Gasteiger partial charge is 0.332 e. The standard InChI is InChI=1S/C16H22N4O/c1-18-6-7-20(16(18)21)14-5-3-4-13(9-14)15-8-12(10-17)11-19(15)2/h3-7,9,12,15H,8,10-11,17H2,1-2H3. The summed E-state index contributed by atoms with van der Waals surface area (Å²) in [5, 5.41) is 0. The van der Waals surface area contributed by atoms with Gasteiger partial charge in [0.25, 0.3) is 0 Å². The predicted molar refractivity (Wildman–Crippen MR) is 83.5 cm³/mol. The number of hydrogen-bond donors (Lipinski definition) is 1. The molecular weight excluding hydrogens is 264 g/mol. The maximum atomic E-state index is 12.1. The van der Waals surface area contributed by atoms with Crippen molar-refractivity contribution in [3.63, 3.8) is 0 Å². The average Bonchev–Trinajstić information content (AvgIpc) is 3.03. The van der Waals surface area contributed by atoms with E-state index in [1.165, 1.54) is 5.56 Å². The molecule has 2 unspecified atom stereocenters. The Hall–Kier alpha value is -1.85. The minimum absolute atomic E-state index is 0.0215. The van der Waals surface area contributed by atoms with Gasteiger partial charge in [-0.05, 0) is 43.6 Å². The first-order chi connectivity index (χ1) is 10.1. The third kappa shape index (κ3) is 2.54. The van der Waals surface area contributed by atoms with Crippen LogP contribution in [0, 0.1) is 5.92 Å². The fourth-order valence-electron chi connectivity index (χ4n) is 3.21. The summed E-state index contributed by atoms with van der Waals surface area (Å²) in [6.07, 6.45) is 4.67. The Balaban J connectivity index is 1.94. The highest BCUT2D eigenvalue weighted by molar-refractivity contribution is 5.37. The van der Waals surface area contributed by atoms with Gasteiger partial charge in [0.05, 0.1) is 5.69 Å². The molecule has 5 nitrogen and oxygen atoms in total. The molecule has 2 heterocycles. The highest BCUT2D eigenvalue weighted by Crippen LogP contribution is 2.34. The molecule has 21 heavy (non-hydrogen) atoms. The quantitative estimate of drug-likeness (QED) is 0.920. The van der Waals surface area contributed by atoms with Crippen molar-refractivity contribution in [2.24, 2.45) is 18.7 Å². The molecule has 2 atom stereocenters. The van der Waals surface area contributed by atoms with E-state index in [0.29, 0.717) is 12.0 Å². The highest BCUT2D eigenvalue weighted by atomic mass is 16.1. The summed E-state index contributed by atoms with van der Waals surface area (Å²) >= 11 is 0. The van der Waals surface area contributed by atoms with Crippen LogP contribution in [0.5, 0.6) is 0 Å². The van der Waals surface area contributed by atoms with E-state index in [0.717, 1.165) is 25.2 Å². The molecule has 1 aliphatic rings. The Labute approximate surface area is 124 Å². The SMILES string of the molecule is CN1CC(CN)CC1c1cccc(-n2ccn(C)c2=O)c1. The Morgan fingerprint density at radius 2 is 2.10 bits per heavy atom. The van der Waals surface area contributed by atoms with E-state index in [1.54, 1.807) is 22.4 Å². The molecule has 112 valence electrons. The number of aryl methyl sites for hydroxylation is 1. The Morgan fingerprint density at radius 1 is 1.29 bits per heavy atom. The van der Waals surface area contributed by atoms with E-state index in [2.05, 4.69) is 24.1 Å². The van der Waals surface area contributed by atoms with Gasteiger partial charge >= 0.3 is 5.69 Å². The zero-order valence-electron chi connectivity index (χ0n) is 12.6. The zero-order chi connectivity index (χ0) is 15.0. The number of benzene rings is 1. The maximum Gasteiger partial charge on any atom is 0.332 e. The van der Waals surface area contributed by atoms with E-state index >= 15 is 0 Å². The summed E-state index contributed by atoms with van der Waals surface area (Å²) in [6, 6.07) is 8.63. The second-order valence-corrected chi connectivity index (χ2v) is 5.95. The van der Waals surface area contributed by atoms with E-state index in [9.17, 15) is 4.79 Å². The zero-order valence-corrected chi connectivity index (χ0v) is 12.6. The second-order valence-electron chi connectivity index (χ2n) is 5.95. The van der Waals surface area contributed by atoms with Crippen LogP contribution >= 0.6 is 0 Å². The lowest BCUT2D eigenvalue weighted by Crippen LogP contribution is -2.22. The van der Waals surface area contributed by atoms with Gasteiger partial charge < -0.3 is 10.3 Å². The van der Waals surface area contributed by atoms with Gasteiger partial charge in [-0.15, -0.1) is 0 Å². The van der Waals surface area contributed by atoms with Gasteiger partial charge in [-0.3, -0.25) is 9.47 Å². The molecule has 5 heteroatoms. The predicted octanol–water partition coefficient (Wildman–Crippen LogP) is 1.13. The summed E-state index contributed by atoms with van der Waals surface area (Å²) in [6.45, 7) is 1.77. The van der Waals surface area contributed by atoms with Crippen LogP contribution in [0.4, 0.5) is 0 Å². The number of aromatic nitrogens is 2. The van der Waals surface area contributed by atoms with Crippen molar-refractivity contribution in [1.82, 2.24) is 14.0 Å². The van der Waals surface area contributed by atoms with Crippen molar-refractivity contribution >= 4 is 0 Å². The van der Waals surface area contributed by atoms with Gasteiger partial charge in [-0.1, -0.05) is 12.1 Å². The van der Waals surface area contributed by atoms with Crippen LogP contribution in [0.25, 0.3) is 5.69 Å². The first-order valence-electron chi connectivity index (χ1n) is 7.34. The molecule has 2 aromatic rings. The first-order valence-corrected chi connectivity index (χ1v) is 7.34. The van der Waals surface area contributed by atoms with Crippen LogP contribution in [0.2, 0.25) is 0 Å². The third-order valence-corrected chi connectivity index (χ3v) is 4.45. The Kier molecular flexibility index (Phi) is 3.69. The van der Waals surface area contributed by atoms with Crippen molar-refractivity contribution in [3.8, 4) is 5.69 Å². The van der Waals surface area contributed by atoms with E-state index in [-0.39, 0.29) is 5.69 Å². The Bertz CT molecular complexity index is 688. The minimum Gasteiger partial charge on any atom is -0.330 e. The molecule has 1 fully saturated rings. The normalized spacial score (nSPS) is 22.8. The van der Waals surface area contributed by atoms with Crippen LogP contribution in [0.15, 0.2) is 41.5 Å². The molecule has 1 aromatic carbocycles. The molecular formula is C16H22N4O. The molecule has 1 aromatic heterocycles. The number of likely N-dealkylation sites (tertiary alicyclic amines) is 1. The van der Waals surface area contributed by atoms with Gasteiger partial charge in [0.1, 0.15) is 0 Å². The lowest BCUT2D eigenvalue weighted by atomic mass is 9.99. The monoisotopic (exact) mass is 286 g/mol. The number of imidazole rings is 1. The van der Waals surface area contributed by atoms with Crippen molar-refractivity contribution < 1.29 is 0 Å². The van der Waals surface area contributed by atoms with Gasteiger partial charge in [0, 0.05) is 32.0 Å². The van der Waals surface area contributed by atoms with Gasteiger partial charge in [0.15, 0.2) is 0 Å². The topological polar surface area (TPSA) is 56.2 Å². The summed E-state index contributed by atoms with van der Waals surface area (Å²) in [5.74, 6) is 0.558. The fraction of sp³-hybridized carbons (Fsp3) is 0.438. The van der Waals surface area contributed by atoms with Crippen LogP contribution in [0.1, 0.15) is 18.0 Å². The lowest BCUT2D eigenvalue weighted by Gasteiger charge is -2.20. The first kappa shape index (κ1) is 14.1. The third-order valence-electron chi connectivity index (χ3n) is 4.45. The highest BCUT2D eigenvalue weighted by Gasteiger charge is 2.29. The van der Waals surface area contributed by atoms with Crippen molar-refractivity contribution in [2.45, 2.75) is 12.5 Å². The molecule has 0 radical (unpaired) electrons. The van der Waals surface area contributed by atoms with E-state index in [4.69, 9.17) is 5.73 Å². The maximum absolute atomic E-state index is 12.1. The summed E-state index contributed by atoms with van der Waals surface area (Å²) < 4.78 is 3.26. The van der Waals surface area contributed by atoms with Gasteiger partial charge in [-0.2, -0.15) is 0 Å². The lowest BCUT2D eigenvalue weighted by molar-refractivity contribution is 0.313. The van der Waals surface area contributed by atoms with Crippen molar-refractivity contribution in [1.29, 1.82) is 0 Å². The van der Waals surface area contributed by atoms with Crippen molar-refractivity contribution in [2.75, 3.05) is 20.1 Å². The minimum atomic E-state index is -0.0215. The second kappa shape index (κ2) is 5.50. The molecule has 1 saturated heterocycles. The van der Waals surface area contributed by atoms with E-state index < -0.39 is 0 Å². The molecule has 1 aliphatic heterocycles. The number of nitrogens with zero attached hydrogens (tertiary/aromatic N) is 3. The van der Waals surface area contributed by atoms with Crippen molar-refractivity contribution in [3.05, 3.63) is 52.7 Å². The van der Waals surface area contributed by atoms with Gasteiger partial charge in [-0.25, -0.2) is 4.79 Å². The summed E-state index contributed by atoms with van der Waals surface area (Å²) in [7, 11) is 3.90. The van der Waals surface area contributed by atoms with Crippen LogP contribution in [0.3, 0.4) is 0 Å². The average molecular weight is 286 g/mol. The van der Waals surface area contributed by atoms with Crippen LogP contribution < -0.4 is 11.4 Å². The smallest absolute Gasteiger partial charge is 0.330 e. The molecule has 0 aliphatic carbocycles. The molecule has 0 spiro atoms. The Morgan fingerprint density at radius 3 is 2.71 bits per heavy atom. The fourth-order valence-corrected chi connectivity index (χ4v) is 3.21. The summed E-state index contributed by atoms with van der Waals surface area (Å²) in [5.41, 5.74) is 7.95. The van der Waals surface area contributed by atoms with Crippen LogP contribution in [-0.4, -0.2) is 34.2 Å². The number of nitrogens with two attached hydrogens (primary N) is 1. The number of hydrogen-bond acceptors (Lipinski definition) is 3. The summed E-state index contributed by atoms with van der Waals surface area (Å²) in [4.78, 5) is 14.4. The molecule has 0 amide bonds. The molecule has 0 bridgehead atoms. The van der Waals surface area contributed by atoms with Crippen LogP contribution in [-0.2, 0) is 7.05 Å². The molecule has 0 saturated carbocycles. The van der Waals surface area contributed by atoms with E-state index in [1.807, 2.05) is 18.3 Å². The number of rotatable bonds is 3. The molecule has 3 rings (SSSR count).